The highest BCUT2D eigenvalue weighted by Gasteiger charge is 1.97. The van der Waals surface area contributed by atoms with Crippen molar-refractivity contribution >= 4 is 11.6 Å². The Bertz CT molecular complexity index is 66.3. The molecule has 0 spiro atoms. The van der Waals surface area contributed by atoms with Crippen LogP contribution in [0.25, 0.3) is 0 Å². The standard InChI is InChI=1S/C8H17ClO/c1-8(7-10)5-3-2-4-6-9/h8,10H,2-7H2,1H3. The summed E-state index contributed by atoms with van der Waals surface area (Å²) >= 11 is 5.50. The maximum absolute atomic E-state index is 8.67. The maximum Gasteiger partial charge on any atom is 0.0456 e. The molecular formula is C8H17ClO. The Morgan fingerprint density at radius 3 is 2.50 bits per heavy atom. The fourth-order valence-corrected chi connectivity index (χ4v) is 1.04. The van der Waals surface area contributed by atoms with Crippen LogP contribution in [0.1, 0.15) is 32.6 Å². The molecule has 1 nitrogen and oxygen atoms in total. The first-order valence-corrected chi connectivity index (χ1v) is 4.51. The molecule has 62 valence electrons. The van der Waals surface area contributed by atoms with Crippen LogP contribution in [0.15, 0.2) is 0 Å². The van der Waals surface area contributed by atoms with Gasteiger partial charge in [-0.15, -0.1) is 11.6 Å². The summed E-state index contributed by atoms with van der Waals surface area (Å²) < 4.78 is 0. The number of aliphatic hydroxyl groups excluding tert-OH is 1. The number of rotatable bonds is 6. The van der Waals surface area contributed by atoms with E-state index in [0.717, 1.165) is 18.7 Å². The van der Waals surface area contributed by atoms with Gasteiger partial charge < -0.3 is 5.11 Å². The molecule has 0 saturated heterocycles. The molecule has 0 aromatic carbocycles. The zero-order valence-electron chi connectivity index (χ0n) is 6.65. The van der Waals surface area contributed by atoms with Gasteiger partial charge >= 0.3 is 0 Å². The van der Waals surface area contributed by atoms with E-state index in [9.17, 15) is 0 Å². The molecule has 1 unspecified atom stereocenters. The van der Waals surface area contributed by atoms with Crippen molar-refractivity contribution in [1.82, 2.24) is 0 Å². The van der Waals surface area contributed by atoms with Crippen LogP contribution in [-0.2, 0) is 0 Å². The summed E-state index contributed by atoms with van der Waals surface area (Å²) in [5.41, 5.74) is 0. The number of alkyl halides is 1. The van der Waals surface area contributed by atoms with Crippen LogP contribution >= 0.6 is 11.6 Å². The molecule has 10 heavy (non-hydrogen) atoms. The van der Waals surface area contributed by atoms with Gasteiger partial charge in [-0.05, 0) is 18.8 Å². The van der Waals surface area contributed by atoms with E-state index in [1.165, 1.54) is 12.8 Å². The number of aliphatic hydroxyl groups is 1. The first-order chi connectivity index (χ1) is 4.81. The van der Waals surface area contributed by atoms with E-state index >= 15 is 0 Å². The molecule has 0 aliphatic carbocycles. The third kappa shape index (κ3) is 6.37. The summed E-state index contributed by atoms with van der Waals surface area (Å²) in [5.74, 6) is 1.24. The summed E-state index contributed by atoms with van der Waals surface area (Å²) in [6.07, 6.45) is 4.65. The summed E-state index contributed by atoms with van der Waals surface area (Å²) in [7, 11) is 0. The summed E-state index contributed by atoms with van der Waals surface area (Å²) in [5, 5.41) is 8.67. The van der Waals surface area contributed by atoms with Crippen LogP contribution in [0, 0.1) is 5.92 Å². The average Bonchev–Trinajstić information content (AvgIpc) is 1.98. The van der Waals surface area contributed by atoms with Gasteiger partial charge in [-0.1, -0.05) is 19.8 Å². The van der Waals surface area contributed by atoms with Crippen molar-refractivity contribution in [2.45, 2.75) is 32.6 Å². The van der Waals surface area contributed by atoms with Crippen LogP contribution in [0.4, 0.5) is 0 Å². The smallest absolute Gasteiger partial charge is 0.0456 e. The van der Waals surface area contributed by atoms with Crippen LogP contribution < -0.4 is 0 Å². The highest BCUT2D eigenvalue weighted by atomic mass is 35.5. The second kappa shape index (κ2) is 7.36. The van der Waals surface area contributed by atoms with E-state index in [1.807, 2.05) is 0 Å². The normalized spacial score (nSPS) is 13.5. The lowest BCUT2D eigenvalue weighted by atomic mass is 10.0. The molecule has 0 aliphatic heterocycles. The van der Waals surface area contributed by atoms with Gasteiger partial charge in [-0.3, -0.25) is 0 Å². The molecule has 0 saturated carbocycles. The highest BCUT2D eigenvalue weighted by Crippen LogP contribution is 2.08. The first kappa shape index (κ1) is 10.2. The molecule has 0 heterocycles. The molecule has 0 aromatic heterocycles. The van der Waals surface area contributed by atoms with Crippen molar-refractivity contribution in [2.24, 2.45) is 5.92 Å². The van der Waals surface area contributed by atoms with Gasteiger partial charge in [0.2, 0.25) is 0 Å². The van der Waals surface area contributed by atoms with Crippen LogP contribution in [0.3, 0.4) is 0 Å². The van der Waals surface area contributed by atoms with Crippen LogP contribution in [-0.4, -0.2) is 17.6 Å². The Morgan fingerprint density at radius 2 is 2.00 bits per heavy atom. The Kier molecular flexibility index (Phi) is 7.54. The van der Waals surface area contributed by atoms with Crippen molar-refractivity contribution in [3.63, 3.8) is 0 Å². The van der Waals surface area contributed by atoms with E-state index in [1.54, 1.807) is 0 Å². The number of hydrogen-bond donors (Lipinski definition) is 1. The molecule has 0 bridgehead atoms. The van der Waals surface area contributed by atoms with Crippen molar-refractivity contribution < 1.29 is 5.11 Å². The van der Waals surface area contributed by atoms with Gasteiger partial charge in [0.1, 0.15) is 0 Å². The lowest BCUT2D eigenvalue weighted by Crippen LogP contribution is -1.99. The van der Waals surface area contributed by atoms with Gasteiger partial charge in [0.05, 0.1) is 0 Å². The second-order valence-corrected chi connectivity index (χ2v) is 3.20. The van der Waals surface area contributed by atoms with Gasteiger partial charge in [-0.25, -0.2) is 0 Å². The van der Waals surface area contributed by atoms with E-state index in [4.69, 9.17) is 16.7 Å². The van der Waals surface area contributed by atoms with Crippen molar-refractivity contribution in [1.29, 1.82) is 0 Å². The Balaban J connectivity index is 2.89. The molecule has 1 N–H and O–H groups in total. The minimum Gasteiger partial charge on any atom is -0.396 e. The summed E-state index contributed by atoms with van der Waals surface area (Å²) in [6.45, 7) is 2.39. The summed E-state index contributed by atoms with van der Waals surface area (Å²) in [6, 6.07) is 0. The van der Waals surface area contributed by atoms with E-state index in [2.05, 4.69) is 6.92 Å². The summed E-state index contributed by atoms with van der Waals surface area (Å²) in [4.78, 5) is 0. The van der Waals surface area contributed by atoms with Crippen LogP contribution in [0.2, 0.25) is 0 Å². The van der Waals surface area contributed by atoms with Crippen LogP contribution in [0.5, 0.6) is 0 Å². The third-order valence-electron chi connectivity index (χ3n) is 1.64. The van der Waals surface area contributed by atoms with E-state index < -0.39 is 0 Å². The van der Waals surface area contributed by atoms with Crippen molar-refractivity contribution in [3.8, 4) is 0 Å². The molecule has 0 fully saturated rings. The van der Waals surface area contributed by atoms with Gasteiger partial charge in [0.25, 0.3) is 0 Å². The zero-order chi connectivity index (χ0) is 7.82. The molecule has 0 rings (SSSR count). The third-order valence-corrected chi connectivity index (χ3v) is 1.91. The fraction of sp³-hybridized carbons (Fsp3) is 1.00. The molecule has 1 atom stereocenters. The maximum atomic E-state index is 8.67. The number of unbranched alkanes of at least 4 members (excludes halogenated alkanes) is 2. The number of halogens is 1. The monoisotopic (exact) mass is 164 g/mol. The first-order valence-electron chi connectivity index (χ1n) is 3.98. The van der Waals surface area contributed by atoms with Crippen molar-refractivity contribution in [3.05, 3.63) is 0 Å². The topological polar surface area (TPSA) is 20.2 Å². The lowest BCUT2D eigenvalue weighted by molar-refractivity contribution is 0.227. The fourth-order valence-electron chi connectivity index (χ4n) is 0.855. The molecule has 0 amide bonds. The highest BCUT2D eigenvalue weighted by molar-refractivity contribution is 6.17. The minimum atomic E-state index is 0.320. The predicted molar refractivity (Wildman–Crippen MR) is 45.4 cm³/mol. The Morgan fingerprint density at radius 1 is 1.30 bits per heavy atom. The van der Waals surface area contributed by atoms with E-state index in [0.29, 0.717) is 12.5 Å². The Hall–Kier alpha value is 0.250. The second-order valence-electron chi connectivity index (χ2n) is 2.83. The minimum absolute atomic E-state index is 0.320. The molecule has 0 aromatic rings. The molecular weight excluding hydrogens is 148 g/mol. The average molecular weight is 165 g/mol. The van der Waals surface area contributed by atoms with Gasteiger partial charge in [0, 0.05) is 12.5 Å². The lowest BCUT2D eigenvalue weighted by Gasteiger charge is -2.05. The predicted octanol–water partition coefficient (Wildman–Crippen LogP) is 2.41. The SMILES string of the molecule is CC(CO)CCCCCCl. The van der Waals surface area contributed by atoms with Crippen molar-refractivity contribution in [2.75, 3.05) is 12.5 Å². The van der Waals surface area contributed by atoms with E-state index in [-0.39, 0.29) is 0 Å². The number of hydrogen-bond acceptors (Lipinski definition) is 1. The largest absolute Gasteiger partial charge is 0.396 e. The quantitative estimate of drug-likeness (QED) is 0.472. The molecule has 2 heteroatoms. The van der Waals surface area contributed by atoms with Gasteiger partial charge in [0.15, 0.2) is 0 Å². The van der Waals surface area contributed by atoms with Gasteiger partial charge in [-0.2, -0.15) is 0 Å². The zero-order valence-corrected chi connectivity index (χ0v) is 7.40. The molecule has 0 radical (unpaired) electrons. The molecule has 0 aliphatic rings. The Labute approximate surface area is 68.4 Å².